The number of aromatic nitrogens is 2. The summed E-state index contributed by atoms with van der Waals surface area (Å²) in [5.41, 5.74) is 4.96. The van der Waals surface area contributed by atoms with Gasteiger partial charge in [0.15, 0.2) is 0 Å². The number of hydrogen-bond acceptors (Lipinski definition) is 4. The van der Waals surface area contributed by atoms with E-state index in [-0.39, 0.29) is 12.5 Å². The minimum atomic E-state index is 0.0133. The van der Waals surface area contributed by atoms with Gasteiger partial charge in [-0.05, 0) is 38.5 Å². The zero-order valence-electron chi connectivity index (χ0n) is 18.7. The van der Waals surface area contributed by atoms with E-state index in [1.807, 2.05) is 69.4 Å². The Balaban J connectivity index is 2.41. The summed E-state index contributed by atoms with van der Waals surface area (Å²) in [5, 5.41) is 13.7. The summed E-state index contributed by atoms with van der Waals surface area (Å²) in [6.45, 7) is 8.75. The molecule has 0 aliphatic rings. The molecule has 30 heavy (non-hydrogen) atoms. The molecule has 0 radical (unpaired) electrons. The third kappa shape index (κ3) is 5.35. The van der Waals surface area contributed by atoms with E-state index < -0.39 is 0 Å². The van der Waals surface area contributed by atoms with Crippen molar-refractivity contribution in [1.82, 2.24) is 14.7 Å². The van der Waals surface area contributed by atoms with Gasteiger partial charge in [-0.3, -0.25) is 14.5 Å². The van der Waals surface area contributed by atoms with Crippen LogP contribution in [0.3, 0.4) is 0 Å². The smallest absolute Gasteiger partial charge is 0.219 e. The van der Waals surface area contributed by atoms with Crippen LogP contribution in [0.4, 0.5) is 5.69 Å². The van der Waals surface area contributed by atoms with Gasteiger partial charge in [-0.1, -0.05) is 17.7 Å². The molecule has 0 saturated heterocycles. The summed E-state index contributed by atoms with van der Waals surface area (Å²) in [4.78, 5) is 20.2. The Morgan fingerprint density at radius 1 is 1.20 bits per heavy atom. The van der Waals surface area contributed by atoms with E-state index in [1.54, 1.807) is 23.6 Å². The second-order valence-corrected chi connectivity index (χ2v) is 7.25. The molecule has 0 unspecified atom stereocenters. The summed E-state index contributed by atoms with van der Waals surface area (Å²) in [6.07, 6.45) is 3.78. The average molecular weight is 407 g/mol. The molecule has 2 rings (SSSR count). The maximum Gasteiger partial charge on any atom is 0.219 e. The largest absolute Gasteiger partial charge is 0.339 e. The maximum atomic E-state index is 12.0. The molecular formula is C23H30N6O. The van der Waals surface area contributed by atoms with Crippen molar-refractivity contribution in [2.24, 2.45) is 12.0 Å². The van der Waals surface area contributed by atoms with Crippen LogP contribution in [0.2, 0.25) is 0 Å². The standard InChI is InChI=1S/C23H30N6O/c1-7-28(18(4)30)16-22(17(2)3)23(25-5)29(13-12-24)21-10-8-19(9-11-21)20-14-26-27(6)15-20/h8-11,14-15H,7,13,16H2,1-6H3. The first-order chi connectivity index (χ1) is 14.3. The molecule has 158 valence electrons. The van der Waals surface area contributed by atoms with Gasteiger partial charge in [-0.15, -0.1) is 0 Å². The predicted molar refractivity (Wildman–Crippen MR) is 121 cm³/mol. The van der Waals surface area contributed by atoms with Gasteiger partial charge >= 0.3 is 0 Å². The summed E-state index contributed by atoms with van der Waals surface area (Å²) in [7, 11) is 3.61. The molecule has 7 nitrogen and oxygen atoms in total. The monoisotopic (exact) mass is 406 g/mol. The lowest BCUT2D eigenvalue weighted by Crippen LogP contribution is -2.39. The second-order valence-electron chi connectivity index (χ2n) is 7.25. The Morgan fingerprint density at radius 2 is 1.87 bits per heavy atom. The molecule has 1 heterocycles. The highest BCUT2D eigenvalue weighted by molar-refractivity contribution is 6.10. The fourth-order valence-corrected chi connectivity index (χ4v) is 3.27. The molecule has 0 saturated carbocycles. The van der Waals surface area contributed by atoms with Gasteiger partial charge in [0, 0.05) is 57.1 Å². The number of allylic oxidation sites excluding steroid dienone is 1. The topological polar surface area (TPSA) is 77.5 Å². The lowest BCUT2D eigenvalue weighted by molar-refractivity contribution is -0.128. The third-order valence-corrected chi connectivity index (χ3v) is 4.96. The minimum absolute atomic E-state index is 0.0133. The van der Waals surface area contributed by atoms with E-state index >= 15 is 0 Å². The highest BCUT2D eigenvalue weighted by Gasteiger charge is 2.21. The molecule has 0 atom stereocenters. The van der Waals surface area contributed by atoms with Crippen molar-refractivity contribution < 1.29 is 4.79 Å². The normalized spacial score (nSPS) is 11.0. The van der Waals surface area contributed by atoms with Crippen LogP contribution < -0.4 is 4.90 Å². The minimum Gasteiger partial charge on any atom is -0.339 e. The van der Waals surface area contributed by atoms with Crippen molar-refractivity contribution in [3.63, 3.8) is 0 Å². The van der Waals surface area contributed by atoms with Gasteiger partial charge in [0.25, 0.3) is 0 Å². The molecule has 2 aromatic rings. The van der Waals surface area contributed by atoms with Crippen LogP contribution in [0.5, 0.6) is 0 Å². The molecule has 0 aliphatic carbocycles. The van der Waals surface area contributed by atoms with Crippen molar-refractivity contribution in [3.05, 3.63) is 47.8 Å². The first-order valence-corrected chi connectivity index (χ1v) is 9.94. The van der Waals surface area contributed by atoms with E-state index in [0.29, 0.717) is 18.9 Å². The number of amidine groups is 1. The molecule has 1 aromatic heterocycles. The van der Waals surface area contributed by atoms with Crippen LogP contribution in [-0.4, -0.2) is 53.1 Å². The first kappa shape index (κ1) is 22.9. The fraction of sp³-hybridized carbons (Fsp3) is 0.391. The molecule has 0 bridgehead atoms. The number of nitriles is 1. The van der Waals surface area contributed by atoms with E-state index in [2.05, 4.69) is 16.2 Å². The van der Waals surface area contributed by atoms with E-state index in [0.717, 1.165) is 28.0 Å². The van der Waals surface area contributed by atoms with Crippen molar-refractivity contribution >= 4 is 17.4 Å². The Hall–Kier alpha value is -3.40. The third-order valence-electron chi connectivity index (χ3n) is 4.96. The summed E-state index contributed by atoms with van der Waals surface area (Å²) in [6, 6.07) is 10.2. The number of carbonyl (C=O) groups excluding carboxylic acids is 1. The number of rotatable bonds is 7. The number of hydrogen-bond donors (Lipinski definition) is 0. The molecule has 7 heteroatoms. The molecule has 0 fully saturated rings. The zero-order chi connectivity index (χ0) is 22.3. The van der Waals surface area contributed by atoms with Crippen molar-refractivity contribution in [2.75, 3.05) is 31.6 Å². The van der Waals surface area contributed by atoms with Crippen LogP contribution in [0, 0.1) is 11.3 Å². The number of carbonyl (C=O) groups is 1. The molecule has 1 aromatic carbocycles. The van der Waals surface area contributed by atoms with Crippen molar-refractivity contribution in [3.8, 4) is 17.2 Å². The predicted octanol–water partition coefficient (Wildman–Crippen LogP) is 3.65. The van der Waals surface area contributed by atoms with Crippen LogP contribution in [0.1, 0.15) is 27.7 Å². The van der Waals surface area contributed by atoms with Gasteiger partial charge in [0.05, 0.1) is 12.3 Å². The molecule has 0 N–H and O–H groups in total. The molecular weight excluding hydrogens is 376 g/mol. The lowest BCUT2D eigenvalue weighted by Gasteiger charge is -2.29. The number of benzene rings is 1. The quantitative estimate of drug-likeness (QED) is 0.399. The first-order valence-electron chi connectivity index (χ1n) is 9.94. The van der Waals surface area contributed by atoms with E-state index in [4.69, 9.17) is 0 Å². The second kappa shape index (κ2) is 10.4. The highest BCUT2D eigenvalue weighted by Crippen LogP contribution is 2.25. The summed E-state index contributed by atoms with van der Waals surface area (Å²) in [5.74, 6) is 0.713. The number of aliphatic imine (C=N–C) groups is 1. The Kier molecular flexibility index (Phi) is 7.93. The van der Waals surface area contributed by atoms with Gasteiger partial charge in [0.1, 0.15) is 12.4 Å². The lowest BCUT2D eigenvalue weighted by atomic mass is 10.1. The van der Waals surface area contributed by atoms with Crippen molar-refractivity contribution in [2.45, 2.75) is 27.7 Å². The highest BCUT2D eigenvalue weighted by atomic mass is 16.2. The van der Waals surface area contributed by atoms with Crippen molar-refractivity contribution in [1.29, 1.82) is 5.26 Å². The van der Waals surface area contributed by atoms with Gasteiger partial charge in [-0.2, -0.15) is 10.4 Å². The number of anilines is 1. The number of nitrogens with zero attached hydrogens (tertiary/aromatic N) is 6. The molecule has 0 spiro atoms. The Bertz CT molecular complexity index is 974. The Morgan fingerprint density at radius 3 is 2.30 bits per heavy atom. The molecule has 1 amide bonds. The van der Waals surface area contributed by atoms with Gasteiger partial charge in [-0.25, -0.2) is 0 Å². The van der Waals surface area contributed by atoms with E-state index in [9.17, 15) is 10.1 Å². The average Bonchev–Trinajstić information content (AvgIpc) is 3.16. The zero-order valence-corrected chi connectivity index (χ0v) is 18.7. The Labute approximate surface area is 178 Å². The number of amides is 1. The fourth-order valence-electron chi connectivity index (χ4n) is 3.27. The maximum absolute atomic E-state index is 12.0. The van der Waals surface area contributed by atoms with Crippen LogP contribution >= 0.6 is 0 Å². The number of aryl methyl sites for hydroxylation is 1. The number of likely N-dealkylation sites (N-methyl/N-ethyl adjacent to an activating group) is 1. The molecule has 0 aliphatic heterocycles. The van der Waals surface area contributed by atoms with Crippen LogP contribution in [-0.2, 0) is 11.8 Å². The van der Waals surface area contributed by atoms with Gasteiger partial charge < -0.3 is 9.80 Å². The SMILES string of the molecule is CCN(CC(C(=NC)N(CC#N)c1ccc(-c2cnn(C)c2)cc1)=C(C)C)C(C)=O. The van der Waals surface area contributed by atoms with Gasteiger partial charge in [0.2, 0.25) is 5.91 Å². The summed E-state index contributed by atoms with van der Waals surface area (Å²) >= 11 is 0. The summed E-state index contributed by atoms with van der Waals surface area (Å²) < 4.78 is 1.77. The van der Waals surface area contributed by atoms with Crippen LogP contribution in [0.15, 0.2) is 52.8 Å². The van der Waals surface area contributed by atoms with E-state index in [1.165, 1.54) is 0 Å². The van der Waals surface area contributed by atoms with Crippen LogP contribution in [0.25, 0.3) is 11.1 Å².